The number of hydrogen-bond acceptors (Lipinski definition) is 3. The monoisotopic (exact) mass is 363 g/mol. The van der Waals surface area contributed by atoms with E-state index >= 15 is 0 Å². The Morgan fingerprint density at radius 3 is 2.00 bits per heavy atom. The number of amides is 1. The molecule has 1 atom stereocenters. The van der Waals surface area contributed by atoms with Crippen molar-refractivity contribution >= 4 is 17.4 Å². The molecule has 1 amide bonds. The first-order valence-corrected chi connectivity index (χ1v) is 8.46. The van der Waals surface area contributed by atoms with Crippen molar-refractivity contribution < 1.29 is 18.7 Å². The van der Waals surface area contributed by atoms with Gasteiger partial charge in [0.2, 0.25) is 0 Å². The van der Waals surface area contributed by atoms with Gasteiger partial charge in [-0.2, -0.15) is 0 Å². The summed E-state index contributed by atoms with van der Waals surface area (Å²) in [5, 5.41) is 2.77. The summed E-state index contributed by atoms with van der Waals surface area (Å²) in [7, 11) is 0. The number of anilines is 1. The molecule has 3 aromatic carbocycles. The zero-order valence-corrected chi connectivity index (χ0v) is 14.7. The van der Waals surface area contributed by atoms with Crippen molar-refractivity contribution in [3.8, 4) is 5.75 Å². The number of carbonyl (C=O) groups is 2. The standard InChI is InChI=1S/C22H18FNO3/c1-15(22(26)24-19-5-3-2-4-6-19)27-20-13-9-17(10-14-20)21(25)16-7-11-18(23)12-8-16/h2-15H,1H3,(H,24,26). The first kappa shape index (κ1) is 18.3. The molecule has 0 heterocycles. The molecule has 0 spiro atoms. The molecule has 0 aliphatic carbocycles. The molecule has 136 valence electrons. The van der Waals surface area contributed by atoms with Crippen LogP contribution in [0.1, 0.15) is 22.8 Å². The van der Waals surface area contributed by atoms with Gasteiger partial charge in [0.25, 0.3) is 5.91 Å². The highest BCUT2D eigenvalue weighted by atomic mass is 19.1. The Hall–Kier alpha value is -3.47. The van der Waals surface area contributed by atoms with Crippen LogP contribution in [-0.2, 0) is 4.79 Å². The van der Waals surface area contributed by atoms with E-state index in [1.807, 2.05) is 18.2 Å². The maximum absolute atomic E-state index is 13.0. The number of halogens is 1. The van der Waals surface area contributed by atoms with Gasteiger partial charge in [-0.05, 0) is 67.6 Å². The van der Waals surface area contributed by atoms with Crippen LogP contribution >= 0.6 is 0 Å². The van der Waals surface area contributed by atoms with E-state index in [-0.39, 0.29) is 11.7 Å². The van der Waals surface area contributed by atoms with E-state index in [0.717, 1.165) is 0 Å². The second-order valence-corrected chi connectivity index (χ2v) is 5.98. The van der Waals surface area contributed by atoms with Crippen LogP contribution in [0.25, 0.3) is 0 Å². The molecular formula is C22H18FNO3. The molecule has 0 saturated carbocycles. The van der Waals surface area contributed by atoms with E-state index in [1.165, 1.54) is 24.3 Å². The minimum absolute atomic E-state index is 0.212. The maximum atomic E-state index is 13.0. The van der Waals surface area contributed by atoms with Gasteiger partial charge in [0.1, 0.15) is 11.6 Å². The molecule has 5 heteroatoms. The summed E-state index contributed by atoms with van der Waals surface area (Å²) in [6.07, 6.45) is -0.705. The third-order valence-corrected chi connectivity index (χ3v) is 3.95. The lowest BCUT2D eigenvalue weighted by Gasteiger charge is -2.15. The Balaban J connectivity index is 1.62. The number of rotatable bonds is 6. The van der Waals surface area contributed by atoms with Crippen LogP contribution < -0.4 is 10.1 Å². The van der Waals surface area contributed by atoms with Gasteiger partial charge in [-0.25, -0.2) is 4.39 Å². The van der Waals surface area contributed by atoms with E-state index < -0.39 is 11.9 Å². The van der Waals surface area contributed by atoms with Crippen molar-refractivity contribution in [1.29, 1.82) is 0 Å². The zero-order valence-electron chi connectivity index (χ0n) is 14.7. The summed E-state index contributed by atoms with van der Waals surface area (Å²) in [6.45, 7) is 1.65. The predicted molar refractivity (Wildman–Crippen MR) is 101 cm³/mol. The normalized spacial score (nSPS) is 11.5. The van der Waals surface area contributed by atoms with Crippen molar-refractivity contribution in [2.45, 2.75) is 13.0 Å². The Morgan fingerprint density at radius 2 is 1.41 bits per heavy atom. The van der Waals surface area contributed by atoms with Crippen molar-refractivity contribution in [2.24, 2.45) is 0 Å². The molecule has 1 unspecified atom stereocenters. The van der Waals surface area contributed by atoms with Gasteiger partial charge in [-0.1, -0.05) is 18.2 Å². The van der Waals surface area contributed by atoms with Crippen molar-refractivity contribution in [3.05, 3.63) is 95.8 Å². The summed E-state index contributed by atoms with van der Waals surface area (Å²) in [4.78, 5) is 24.6. The van der Waals surface area contributed by atoms with Gasteiger partial charge in [-0.15, -0.1) is 0 Å². The minimum atomic E-state index is -0.705. The van der Waals surface area contributed by atoms with Crippen LogP contribution in [0.3, 0.4) is 0 Å². The smallest absolute Gasteiger partial charge is 0.265 e. The van der Waals surface area contributed by atoms with Gasteiger partial charge in [0.05, 0.1) is 0 Å². The fraction of sp³-hybridized carbons (Fsp3) is 0.0909. The summed E-state index contributed by atoms with van der Waals surface area (Å²) in [5.41, 5.74) is 1.55. The summed E-state index contributed by atoms with van der Waals surface area (Å²) >= 11 is 0. The summed E-state index contributed by atoms with van der Waals surface area (Å²) in [6, 6.07) is 21.0. The molecule has 0 aromatic heterocycles. The first-order chi connectivity index (χ1) is 13.0. The van der Waals surface area contributed by atoms with Crippen LogP contribution in [0.2, 0.25) is 0 Å². The van der Waals surface area contributed by atoms with E-state index in [1.54, 1.807) is 43.3 Å². The first-order valence-electron chi connectivity index (χ1n) is 8.46. The fourth-order valence-electron chi connectivity index (χ4n) is 2.48. The van der Waals surface area contributed by atoms with Crippen molar-refractivity contribution in [1.82, 2.24) is 0 Å². The van der Waals surface area contributed by atoms with Crippen LogP contribution in [0.5, 0.6) is 5.75 Å². The molecule has 4 nitrogen and oxygen atoms in total. The molecule has 27 heavy (non-hydrogen) atoms. The van der Waals surface area contributed by atoms with E-state index in [0.29, 0.717) is 22.6 Å². The number of benzene rings is 3. The second-order valence-electron chi connectivity index (χ2n) is 5.98. The minimum Gasteiger partial charge on any atom is -0.481 e. The Morgan fingerprint density at radius 1 is 0.852 bits per heavy atom. The Bertz CT molecular complexity index is 922. The average molecular weight is 363 g/mol. The number of ether oxygens (including phenoxy) is 1. The molecule has 0 fully saturated rings. The number of nitrogens with one attached hydrogen (secondary N) is 1. The largest absolute Gasteiger partial charge is 0.481 e. The van der Waals surface area contributed by atoms with Crippen LogP contribution in [-0.4, -0.2) is 17.8 Å². The fourth-order valence-corrected chi connectivity index (χ4v) is 2.48. The van der Waals surface area contributed by atoms with Crippen LogP contribution in [0.4, 0.5) is 10.1 Å². The second kappa shape index (κ2) is 8.27. The zero-order chi connectivity index (χ0) is 19.2. The summed E-state index contributed by atoms with van der Waals surface area (Å²) in [5.74, 6) is -0.400. The third-order valence-electron chi connectivity index (χ3n) is 3.95. The van der Waals surface area contributed by atoms with E-state index in [4.69, 9.17) is 4.74 Å². The van der Waals surface area contributed by atoms with Crippen LogP contribution in [0, 0.1) is 5.82 Å². The quantitative estimate of drug-likeness (QED) is 0.658. The van der Waals surface area contributed by atoms with Gasteiger partial charge in [0.15, 0.2) is 11.9 Å². The molecule has 3 aromatic rings. The lowest BCUT2D eigenvalue weighted by atomic mass is 10.0. The van der Waals surface area contributed by atoms with Gasteiger partial charge in [-0.3, -0.25) is 9.59 Å². The highest BCUT2D eigenvalue weighted by molar-refractivity contribution is 6.09. The van der Waals surface area contributed by atoms with Crippen LogP contribution in [0.15, 0.2) is 78.9 Å². The highest BCUT2D eigenvalue weighted by Crippen LogP contribution is 2.17. The topological polar surface area (TPSA) is 55.4 Å². The SMILES string of the molecule is CC(Oc1ccc(C(=O)c2ccc(F)cc2)cc1)C(=O)Nc1ccccc1. The Kier molecular flexibility index (Phi) is 5.61. The van der Waals surface area contributed by atoms with Gasteiger partial charge < -0.3 is 10.1 Å². The predicted octanol–water partition coefficient (Wildman–Crippen LogP) is 4.46. The molecule has 3 rings (SSSR count). The number of ketones is 1. The van der Waals surface area contributed by atoms with Gasteiger partial charge >= 0.3 is 0 Å². The molecule has 0 aliphatic heterocycles. The third kappa shape index (κ3) is 4.79. The van der Waals surface area contributed by atoms with Crippen molar-refractivity contribution in [2.75, 3.05) is 5.32 Å². The lowest BCUT2D eigenvalue weighted by Crippen LogP contribution is -2.30. The molecular weight excluding hydrogens is 345 g/mol. The van der Waals surface area contributed by atoms with Crippen molar-refractivity contribution in [3.63, 3.8) is 0 Å². The molecule has 0 aliphatic rings. The highest BCUT2D eigenvalue weighted by Gasteiger charge is 2.15. The molecule has 0 bridgehead atoms. The number of hydrogen-bond donors (Lipinski definition) is 1. The van der Waals surface area contributed by atoms with E-state index in [2.05, 4.69) is 5.32 Å². The number of carbonyl (C=O) groups excluding carboxylic acids is 2. The molecule has 0 saturated heterocycles. The Labute approximate surface area is 156 Å². The molecule has 1 N–H and O–H groups in total. The van der Waals surface area contributed by atoms with E-state index in [9.17, 15) is 14.0 Å². The lowest BCUT2D eigenvalue weighted by molar-refractivity contribution is -0.122. The van der Waals surface area contributed by atoms with Gasteiger partial charge in [0, 0.05) is 16.8 Å². The molecule has 0 radical (unpaired) electrons. The summed E-state index contributed by atoms with van der Waals surface area (Å²) < 4.78 is 18.6. The number of para-hydroxylation sites is 1. The average Bonchev–Trinajstić information content (AvgIpc) is 2.69. The maximum Gasteiger partial charge on any atom is 0.265 e.